The molecule has 0 fully saturated rings. The van der Waals surface area contributed by atoms with Crippen LogP contribution in [0.2, 0.25) is 5.02 Å². The molecular formula is C21H24ClFN8O2. The fraction of sp³-hybridized carbons (Fsp3) is 0.238. The van der Waals surface area contributed by atoms with Crippen LogP contribution in [0.4, 0.5) is 10.1 Å². The van der Waals surface area contributed by atoms with Crippen LogP contribution in [-0.4, -0.2) is 30.3 Å². The smallest absolute Gasteiger partial charge is 0.313 e. The monoisotopic (exact) mass is 474 g/mol. The molecule has 0 saturated heterocycles. The van der Waals surface area contributed by atoms with Crippen molar-refractivity contribution in [3.8, 4) is 0 Å². The van der Waals surface area contributed by atoms with Crippen molar-refractivity contribution in [1.82, 2.24) is 5.32 Å². The summed E-state index contributed by atoms with van der Waals surface area (Å²) in [6.45, 7) is 0.556. The van der Waals surface area contributed by atoms with Crippen molar-refractivity contribution in [3.05, 3.63) is 63.9 Å². The number of guanidine groups is 2. The molecule has 0 aromatic heterocycles. The maximum absolute atomic E-state index is 13.6. The number of benzene rings is 2. The highest BCUT2D eigenvalue weighted by Gasteiger charge is 2.35. The molecule has 1 aliphatic rings. The highest BCUT2D eigenvalue weighted by molar-refractivity contribution is 6.39. The molecule has 2 aromatic carbocycles. The summed E-state index contributed by atoms with van der Waals surface area (Å²) in [5.41, 5.74) is 24.5. The average molecular weight is 475 g/mol. The highest BCUT2D eigenvalue weighted by Crippen LogP contribution is 2.37. The van der Waals surface area contributed by atoms with Crippen molar-refractivity contribution < 1.29 is 14.0 Å². The number of nitrogens with one attached hydrogen (secondary N) is 2. The second-order valence-corrected chi connectivity index (χ2v) is 7.95. The molecule has 12 heteroatoms. The number of halogens is 2. The van der Waals surface area contributed by atoms with E-state index in [1.54, 1.807) is 0 Å². The minimum absolute atomic E-state index is 0.0159. The zero-order valence-electron chi connectivity index (χ0n) is 17.5. The third-order valence-corrected chi connectivity index (χ3v) is 5.43. The van der Waals surface area contributed by atoms with Gasteiger partial charge in [-0.1, -0.05) is 29.8 Å². The van der Waals surface area contributed by atoms with Crippen molar-refractivity contribution in [2.24, 2.45) is 38.8 Å². The molecule has 0 radical (unpaired) electrons. The van der Waals surface area contributed by atoms with E-state index in [0.717, 1.165) is 22.8 Å². The van der Waals surface area contributed by atoms with Crippen LogP contribution in [0.3, 0.4) is 0 Å². The van der Waals surface area contributed by atoms with Crippen LogP contribution in [0, 0.1) is 11.7 Å². The molecular weight excluding hydrogens is 451 g/mol. The predicted molar refractivity (Wildman–Crippen MR) is 125 cm³/mol. The SMILES string of the molecule is NC(N)=NCc1ccc2c(c1)C[C@H](CN=C(N)N)[C@H]2NC(=O)C(=O)Nc1ccc(Cl)c(F)c1. The predicted octanol–water partition coefficient (Wildman–Crippen LogP) is 0.494. The summed E-state index contributed by atoms with van der Waals surface area (Å²) in [7, 11) is 0. The van der Waals surface area contributed by atoms with Crippen LogP contribution in [-0.2, 0) is 22.6 Å². The standard InChI is InChI=1S/C21H24ClFN8O2/c22-15-4-2-13(7-16(15)23)30-18(32)19(33)31-17-12(9-29-21(26)27)6-11-5-10(1-3-14(11)17)8-28-20(24)25/h1-5,7,12,17H,6,8-9H2,(H,30,32)(H,31,33)(H4,24,25,28)(H4,26,27,29)/t12-,17-/m1/s1. The van der Waals surface area contributed by atoms with Crippen molar-refractivity contribution in [3.63, 3.8) is 0 Å². The Balaban J connectivity index is 1.78. The van der Waals surface area contributed by atoms with Gasteiger partial charge < -0.3 is 33.6 Å². The number of nitrogens with zero attached hydrogens (tertiary/aromatic N) is 2. The van der Waals surface area contributed by atoms with E-state index >= 15 is 0 Å². The lowest BCUT2D eigenvalue weighted by Crippen LogP contribution is -2.40. The molecule has 0 saturated carbocycles. The van der Waals surface area contributed by atoms with E-state index in [-0.39, 0.29) is 35.1 Å². The van der Waals surface area contributed by atoms with Gasteiger partial charge in [-0.05, 0) is 41.3 Å². The molecule has 10 nitrogen and oxygen atoms in total. The molecule has 10 N–H and O–H groups in total. The molecule has 2 atom stereocenters. The summed E-state index contributed by atoms with van der Waals surface area (Å²) >= 11 is 5.64. The molecule has 1 aliphatic carbocycles. The average Bonchev–Trinajstić information content (AvgIpc) is 3.09. The van der Waals surface area contributed by atoms with Crippen molar-refractivity contribution in [1.29, 1.82) is 0 Å². The van der Waals surface area contributed by atoms with Crippen LogP contribution in [0.15, 0.2) is 46.4 Å². The van der Waals surface area contributed by atoms with Gasteiger partial charge in [0.15, 0.2) is 11.9 Å². The lowest BCUT2D eigenvalue weighted by Gasteiger charge is -2.20. The number of carbonyl (C=O) groups excluding carboxylic acids is 2. The Labute approximate surface area is 194 Å². The Morgan fingerprint density at radius 3 is 2.42 bits per heavy atom. The second-order valence-electron chi connectivity index (χ2n) is 7.54. The van der Waals surface area contributed by atoms with Gasteiger partial charge >= 0.3 is 11.8 Å². The van der Waals surface area contributed by atoms with Gasteiger partial charge in [-0.3, -0.25) is 14.6 Å². The minimum atomic E-state index is -0.949. The number of hydrogen-bond donors (Lipinski definition) is 6. The maximum atomic E-state index is 13.6. The molecule has 0 aliphatic heterocycles. The van der Waals surface area contributed by atoms with Gasteiger partial charge in [0.05, 0.1) is 17.6 Å². The first-order valence-corrected chi connectivity index (χ1v) is 10.3. The quantitative estimate of drug-likeness (QED) is 0.201. The number of hydrogen-bond acceptors (Lipinski definition) is 4. The number of carbonyl (C=O) groups is 2. The fourth-order valence-electron chi connectivity index (χ4n) is 3.63. The second kappa shape index (κ2) is 10.2. The van der Waals surface area contributed by atoms with Gasteiger partial charge in [-0.15, -0.1) is 0 Å². The van der Waals surface area contributed by atoms with Crippen LogP contribution < -0.4 is 33.6 Å². The number of rotatable bonds is 6. The van der Waals surface area contributed by atoms with Gasteiger partial charge in [0.2, 0.25) is 0 Å². The molecule has 2 amide bonds. The Hall–Kier alpha value is -3.86. The molecule has 33 heavy (non-hydrogen) atoms. The van der Waals surface area contributed by atoms with Crippen molar-refractivity contribution in [2.45, 2.75) is 19.0 Å². The molecule has 0 unspecified atom stereocenters. The third kappa shape index (κ3) is 6.10. The lowest BCUT2D eigenvalue weighted by atomic mass is 10.0. The molecule has 2 aromatic rings. The molecule has 174 valence electrons. The first-order chi connectivity index (χ1) is 15.6. The van der Waals surface area contributed by atoms with Gasteiger partial charge in [0.25, 0.3) is 0 Å². The summed E-state index contributed by atoms with van der Waals surface area (Å²) in [6.07, 6.45) is 0.566. The normalized spacial score (nSPS) is 16.4. The number of amides is 2. The van der Waals surface area contributed by atoms with E-state index in [4.69, 9.17) is 34.5 Å². The number of nitrogens with two attached hydrogens (primary N) is 4. The number of aliphatic imine (C=N–C) groups is 2. The molecule has 0 heterocycles. The highest BCUT2D eigenvalue weighted by atomic mass is 35.5. The van der Waals surface area contributed by atoms with E-state index in [1.165, 1.54) is 12.1 Å². The van der Waals surface area contributed by atoms with E-state index < -0.39 is 23.7 Å². The zero-order chi connectivity index (χ0) is 24.1. The Morgan fingerprint density at radius 1 is 1.03 bits per heavy atom. The zero-order valence-corrected chi connectivity index (χ0v) is 18.3. The van der Waals surface area contributed by atoms with Crippen LogP contribution in [0.1, 0.15) is 22.7 Å². The van der Waals surface area contributed by atoms with Crippen LogP contribution in [0.25, 0.3) is 0 Å². The van der Waals surface area contributed by atoms with Gasteiger partial charge in [-0.25, -0.2) is 9.38 Å². The van der Waals surface area contributed by atoms with Crippen molar-refractivity contribution >= 4 is 41.0 Å². The van der Waals surface area contributed by atoms with Gasteiger partial charge in [-0.2, -0.15) is 0 Å². The maximum Gasteiger partial charge on any atom is 0.313 e. The number of anilines is 1. The molecule has 3 rings (SSSR count). The number of fused-ring (bicyclic) bond motifs is 1. The fourth-order valence-corrected chi connectivity index (χ4v) is 3.75. The summed E-state index contributed by atoms with van der Waals surface area (Å²) in [6, 6.07) is 8.80. The Kier molecular flexibility index (Phi) is 7.34. The minimum Gasteiger partial charge on any atom is -0.370 e. The van der Waals surface area contributed by atoms with E-state index in [2.05, 4.69) is 20.6 Å². The van der Waals surface area contributed by atoms with Crippen LogP contribution in [0.5, 0.6) is 0 Å². The molecule has 0 bridgehead atoms. The first kappa shape index (κ1) is 23.8. The summed E-state index contributed by atoms with van der Waals surface area (Å²) in [5, 5.41) is 4.99. The van der Waals surface area contributed by atoms with Crippen LogP contribution >= 0.6 is 11.6 Å². The van der Waals surface area contributed by atoms with Gasteiger partial charge in [0, 0.05) is 18.2 Å². The van der Waals surface area contributed by atoms with E-state index in [1.807, 2.05) is 18.2 Å². The largest absolute Gasteiger partial charge is 0.370 e. The van der Waals surface area contributed by atoms with E-state index in [0.29, 0.717) is 13.0 Å². The Morgan fingerprint density at radius 2 is 1.76 bits per heavy atom. The third-order valence-electron chi connectivity index (χ3n) is 5.12. The van der Waals surface area contributed by atoms with Gasteiger partial charge in [0.1, 0.15) is 5.82 Å². The van der Waals surface area contributed by atoms with E-state index in [9.17, 15) is 14.0 Å². The van der Waals surface area contributed by atoms with Crippen molar-refractivity contribution in [2.75, 3.05) is 11.9 Å². The lowest BCUT2D eigenvalue weighted by molar-refractivity contribution is -0.136. The summed E-state index contributed by atoms with van der Waals surface area (Å²) in [4.78, 5) is 33.1. The first-order valence-electron chi connectivity index (χ1n) is 9.93. The summed E-state index contributed by atoms with van der Waals surface area (Å²) < 4.78 is 13.6. The Bertz CT molecular complexity index is 1130. The summed E-state index contributed by atoms with van der Waals surface area (Å²) in [5.74, 6) is -2.83. The molecule has 0 spiro atoms. The topological polar surface area (TPSA) is 187 Å².